The zero-order valence-electron chi connectivity index (χ0n) is 13.6. The first kappa shape index (κ1) is 16.6. The number of aryl methyl sites for hydroxylation is 1. The second-order valence-electron chi connectivity index (χ2n) is 5.12. The van der Waals surface area contributed by atoms with Gasteiger partial charge in [-0.15, -0.1) is 11.3 Å². The van der Waals surface area contributed by atoms with Gasteiger partial charge in [0, 0.05) is 21.5 Å². The SMILES string of the molecule is COc1ccc(OC)c(Nc2nc(-c3ccc(Cl)cc3)c(C)s2)c1. The maximum absolute atomic E-state index is 5.96. The summed E-state index contributed by atoms with van der Waals surface area (Å²) in [6.45, 7) is 2.05. The molecule has 2 aromatic carbocycles. The number of halogens is 1. The highest BCUT2D eigenvalue weighted by Crippen LogP contribution is 2.36. The second-order valence-corrected chi connectivity index (χ2v) is 6.76. The van der Waals surface area contributed by atoms with E-state index in [1.807, 2.05) is 42.5 Å². The number of hydrogen-bond donors (Lipinski definition) is 1. The van der Waals surface area contributed by atoms with Crippen LogP contribution in [0.25, 0.3) is 11.3 Å². The van der Waals surface area contributed by atoms with E-state index in [9.17, 15) is 0 Å². The second kappa shape index (κ2) is 7.11. The fraction of sp³-hybridized carbons (Fsp3) is 0.167. The Bertz CT molecular complexity index is 847. The van der Waals surface area contributed by atoms with Crippen molar-refractivity contribution in [3.05, 3.63) is 52.4 Å². The minimum Gasteiger partial charge on any atom is -0.497 e. The summed E-state index contributed by atoms with van der Waals surface area (Å²) in [5, 5.41) is 4.83. The predicted octanol–water partition coefficient (Wildman–Crippen LogP) is 5.53. The summed E-state index contributed by atoms with van der Waals surface area (Å²) in [5.74, 6) is 1.49. The molecule has 3 rings (SSSR count). The van der Waals surface area contributed by atoms with Crippen LogP contribution in [0.3, 0.4) is 0 Å². The molecule has 0 unspecified atom stereocenters. The van der Waals surface area contributed by atoms with Crippen molar-refractivity contribution in [3.8, 4) is 22.8 Å². The summed E-state index contributed by atoms with van der Waals surface area (Å²) in [4.78, 5) is 5.83. The molecule has 0 amide bonds. The van der Waals surface area contributed by atoms with Gasteiger partial charge < -0.3 is 14.8 Å². The summed E-state index contributed by atoms with van der Waals surface area (Å²) in [7, 11) is 3.27. The Hall–Kier alpha value is -2.24. The first-order valence-electron chi connectivity index (χ1n) is 7.33. The number of nitrogens with one attached hydrogen (secondary N) is 1. The summed E-state index contributed by atoms with van der Waals surface area (Å²) in [5.41, 5.74) is 2.80. The Morgan fingerprint density at radius 3 is 2.46 bits per heavy atom. The van der Waals surface area contributed by atoms with E-state index in [0.29, 0.717) is 5.02 Å². The van der Waals surface area contributed by atoms with E-state index >= 15 is 0 Å². The number of ether oxygens (including phenoxy) is 2. The van der Waals surface area contributed by atoms with E-state index in [1.54, 1.807) is 25.6 Å². The normalized spacial score (nSPS) is 10.5. The van der Waals surface area contributed by atoms with E-state index in [0.717, 1.165) is 38.5 Å². The lowest BCUT2D eigenvalue weighted by Crippen LogP contribution is -1.95. The van der Waals surface area contributed by atoms with Crippen molar-refractivity contribution in [1.82, 2.24) is 4.98 Å². The van der Waals surface area contributed by atoms with Gasteiger partial charge in [0.15, 0.2) is 5.13 Å². The number of anilines is 2. The molecule has 0 atom stereocenters. The summed E-state index contributed by atoms with van der Waals surface area (Å²) in [6.07, 6.45) is 0. The topological polar surface area (TPSA) is 43.4 Å². The fourth-order valence-electron chi connectivity index (χ4n) is 2.35. The number of hydrogen-bond acceptors (Lipinski definition) is 5. The highest BCUT2D eigenvalue weighted by Gasteiger charge is 2.12. The Morgan fingerprint density at radius 1 is 1.04 bits per heavy atom. The van der Waals surface area contributed by atoms with Crippen LogP contribution in [0.15, 0.2) is 42.5 Å². The molecule has 24 heavy (non-hydrogen) atoms. The average Bonchev–Trinajstić information content (AvgIpc) is 2.95. The summed E-state index contributed by atoms with van der Waals surface area (Å²) >= 11 is 7.55. The van der Waals surface area contributed by atoms with Gasteiger partial charge in [-0.1, -0.05) is 23.7 Å². The minimum atomic E-state index is 0.714. The van der Waals surface area contributed by atoms with Gasteiger partial charge in [-0.05, 0) is 31.2 Å². The van der Waals surface area contributed by atoms with Gasteiger partial charge in [0.2, 0.25) is 0 Å². The molecular formula is C18H17ClN2O2S. The Kier molecular flexibility index (Phi) is 4.92. The Labute approximate surface area is 150 Å². The van der Waals surface area contributed by atoms with Crippen LogP contribution in [0.1, 0.15) is 4.88 Å². The van der Waals surface area contributed by atoms with E-state index in [1.165, 1.54) is 0 Å². The molecule has 1 N–H and O–H groups in total. The van der Waals surface area contributed by atoms with E-state index < -0.39 is 0 Å². The first-order valence-corrected chi connectivity index (χ1v) is 8.52. The molecule has 0 aliphatic carbocycles. The molecule has 0 saturated heterocycles. The van der Waals surface area contributed by atoms with Crippen molar-refractivity contribution in [2.75, 3.05) is 19.5 Å². The molecule has 0 saturated carbocycles. The molecule has 0 aliphatic rings. The molecule has 0 spiro atoms. The molecule has 0 bridgehead atoms. The van der Waals surface area contributed by atoms with Crippen molar-refractivity contribution in [2.45, 2.75) is 6.92 Å². The van der Waals surface area contributed by atoms with Gasteiger partial charge in [0.05, 0.1) is 25.6 Å². The maximum Gasteiger partial charge on any atom is 0.188 e. The number of nitrogens with zero attached hydrogens (tertiary/aromatic N) is 1. The molecule has 6 heteroatoms. The predicted molar refractivity (Wildman–Crippen MR) is 100 cm³/mol. The fourth-order valence-corrected chi connectivity index (χ4v) is 3.33. The van der Waals surface area contributed by atoms with Gasteiger partial charge in [-0.25, -0.2) is 4.98 Å². The number of thiazole rings is 1. The molecule has 1 heterocycles. The number of aromatic nitrogens is 1. The number of benzene rings is 2. The highest BCUT2D eigenvalue weighted by atomic mass is 35.5. The Balaban J connectivity index is 1.92. The third kappa shape index (κ3) is 3.47. The third-order valence-electron chi connectivity index (χ3n) is 3.56. The lowest BCUT2D eigenvalue weighted by atomic mass is 10.1. The lowest BCUT2D eigenvalue weighted by Gasteiger charge is -2.10. The van der Waals surface area contributed by atoms with Gasteiger partial charge in [-0.2, -0.15) is 0 Å². The Morgan fingerprint density at radius 2 is 1.79 bits per heavy atom. The molecule has 0 fully saturated rings. The van der Waals surface area contributed by atoms with Crippen LogP contribution in [0.4, 0.5) is 10.8 Å². The standard InChI is InChI=1S/C18H17ClN2O2S/c1-11-17(12-4-6-13(19)7-5-12)21-18(24-11)20-15-10-14(22-2)8-9-16(15)23-3/h4-10H,1-3H3,(H,20,21). The van der Waals surface area contributed by atoms with Crippen LogP contribution in [0.2, 0.25) is 5.02 Å². The minimum absolute atomic E-state index is 0.714. The van der Waals surface area contributed by atoms with Crippen LogP contribution >= 0.6 is 22.9 Å². The molecular weight excluding hydrogens is 344 g/mol. The van der Waals surface area contributed by atoms with Gasteiger partial charge in [0.1, 0.15) is 11.5 Å². The zero-order chi connectivity index (χ0) is 17.1. The van der Waals surface area contributed by atoms with E-state index in [-0.39, 0.29) is 0 Å². The van der Waals surface area contributed by atoms with Crippen molar-refractivity contribution < 1.29 is 9.47 Å². The van der Waals surface area contributed by atoms with Crippen LogP contribution in [-0.4, -0.2) is 19.2 Å². The van der Waals surface area contributed by atoms with Crippen molar-refractivity contribution in [3.63, 3.8) is 0 Å². The van der Waals surface area contributed by atoms with Crippen LogP contribution in [0.5, 0.6) is 11.5 Å². The van der Waals surface area contributed by atoms with E-state index in [2.05, 4.69) is 12.2 Å². The van der Waals surface area contributed by atoms with E-state index in [4.69, 9.17) is 26.1 Å². The third-order valence-corrected chi connectivity index (χ3v) is 4.70. The van der Waals surface area contributed by atoms with Crippen LogP contribution in [-0.2, 0) is 0 Å². The van der Waals surface area contributed by atoms with Crippen molar-refractivity contribution >= 4 is 33.8 Å². The zero-order valence-corrected chi connectivity index (χ0v) is 15.2. The maximum atomic E-state index is 5.96. The lowest BCUT2D eigenvalue weighted by molar-refractivity contribution is 0.405. The molecule has 1 aromatic heterocycles. The largest absolute Gasteiger partial charge is 0.497 e. The average molecular weight is 361 g/mol. The molecule has 124 valence electrons. The monoisotopic (exact) mass is 360 g/mol. The quantitative estimate of drug-likeness (QED) is 0.649. The highest BCUT2D eigenvalue weighted by molar-refractivity contribution is 7.16. The molecule has 4 nitrogen and oxygen atoms in total. The number of rotatable bonds is 5. The molecule has 3 aromatic rings. The van der Waals surface area contributed by atoms with Gasteiger partial charge >= 0.3 is 0 Å². The molecule has 0 radical (unpaired) electrons. The van der Waals surface area contributed by atoms with Crippen molar-refractivity contribution in [2.24, 2.45) is 0 Å². The molecule has 0 aliphatic heterocycles. The van der Waals surface area contributed by atoms with Crippen molar-refractivity contribution in [1.29, 1.82) is 0 Å². The summed E-state index contributed by atoms with van der Waals surface area (Å²) < 4.78 is 10.7. The van der Waals surface area contributed by atoms with Crippen LogP contribution in [0, 0.1) is 6.92 Å². The summed E-state index contributed by atoms with van der Waals surface area (Å²) in [6, 6.07) is 13.3. The van der Waals surface area contributed by atoms with Gasteiger partial charge in [-0.3, -0.25) is 0 Å². The first-order chi connectivity index (χ1) is 11.6. The van der Waals surface area contributed by atoms with Gasteiger partial charge in [0.25, 0.3) is 0 Å². The van der Waals surface area contributed by atoms with Crippen LogP contribution < -0.4 is 14.8 Å². The number of methoxy groups -OCH3 is 2. The smallest absolute Gasteiger partial charge is 0.188 e.